The number of hydrogen-bond donors (Lipinski definition) is 1. The van der Waals surface area contributed by atoms with Gasteiger partial charge in [0.25, 0.3) is 10.0 Å². The van der Waals surface area contributed by atoms with Gasteiger partial charge in [-0.2, -0.15) is 8.42 Å². The molecule has 8 heteroatoms. The summed E-state index contributed by atoms with van der Waals surface area (Å²) in [6, 6.07) is 12.7. The molecule has 1 aromatic carbocycles. The summed E-state index contributed by atoms with van der Waals surface area (Å²) in [6.45, 7) is 0.754. The molecule has 0 aliphatic carbocycles. The van der Waals surface area contributed by atoms with Crippen molar-refractivity contribution in [3.63, 3.8) is 0 Å². The van der Waals surface area contributed by atoms with Crippen LogP contribution in [0.15, 0.2) is 59.9 Å². The summed E-state index contributed by atoms with van der Waals surface area (Å²) in [5.74, 6) is 0. The molecule has 0 spiro atoms. The van der Waals surface area contributed by atoms with E-state index in [4.69, 9.17) is 11.6 Å². The third kappa shape index (κ3) is 2.59. The Kier molecular flexibility index (Phi) is 4.22. The number of aromatic nitrogens is 3. The van der Waals surface area contributed by atoms with Crippen LogP contribution in [0.3, 0.4) is 0 Å². The first-order valence-electron chi connectivity index (χ1n) is 8.16. The molecule has 0 unspecified atom stereocenters. The largest absolute Gasteiger partial charge is 0.319 e. The van der Waals surface area contributed by atoms with Crippen LogP contribution in [0.2, 0.25) is 5.15 Å². The van der Waals surface area contributed by atoms with Crippen molar-refractivity contribution in [3.8, 4) is 0 Å². The zero-order chi connectivity index (χ0) is 18.3. The first-order valence-corrected chi connectivity index (χ1v) is 9.97. The Morgan fingerprint density at radius 2 is 1.92 bits per heavy atom. The predicted molar refractivity (Wildman–Crippen MR) is 102 cm³/mol. The minimum atomic E-state index is -3.92. The van der Waals surface area contributed by atoms with E-state index in [1.54, 1.807) is 36.7 Å². The second kappa shape index (κ2) is 6.42. The number of benzene rings is 1. The van der Waals surface area contributed by atoms with Gasteiger partial charge >= 0.3 is 0 Å². The molecule has 3 heterocycles. The fourth-order valence-electron chi connectivity index (χ4n) is 3.14. The van der Waals surface area contributed by atoms with Gasteiger partial charge in [-0.25, -0.2) is 8.96 Å². The number of halogens is 1. The van der Waals surface area contributed by atoms with Crippen molar-refractivity contribution in [3.05, 3.63) is 65.6 Å². The number of likely N-dealkylation sites (N-methyl/N-ethyl adjacent to an activating group) is 1. The fraction of sp³-hybridized carbons (Fsp3) is 0.167. The maximum atomic E-state index is 13.4. The summed E-state index contributed by atoms with van der Waals surface area (Å²) in [7, 11) is -2.05. The summed E-state index contributed by atoms with van der Waals surface area (Å²) < 4.78 is 29.7. The molecule has 0 aliphatic rings. The first kappa shape index (κ1) is 17.1. The SMILES string of the molecule is CNCCc1cn(S(=O)(=O)c2c(Cl)nc3ccccn23)c2ccccc12. The van der Waals surface area contributed by atoms with Crippen molar-refractivity contribution in [1.82, 2.24) is 18.7 Å². The highest BCUT2D eigenvalue weighted by Gasteiger charge is 2.28. The van der Waals surface area contributed by atoms with Crippen LogP contribution >= 0.6 is 11.6 Å². The number of fused-ring (bicyclic) bond motifs is 2. The van der Waals surface area contributed by atoms with Crippen LogP contribution in [0.1, 0.15) is 5.56 Å². The maximum Gasteiger partial charge on any atom is 0.287 e. The topological polar surface area (TPSA) is 68.4 Å². The van der Waals surface area contributed by atoms with Crippen LogP contribution in [0.4, 0.5) is 0 Å². The van der Waals surface area contributed by atoms with Crippen molar-refractivity contribution >= 4 is 38.2 Å². The van der Waals surface area contributed by atoms with E-state index in [2.05, 4.69) is 10.3 Å². The molecule has 0 bridgehead atoms. The lowest BCUT2D eigenvalue weighted by Gasteiger charge is -2.07. The Hall–Kier alpha value is -2.35. The Balaban J connectivity index is 1.98. The zero-order valence-electron chi connectivity index (χ0n) is 14.1. The Morgan fingerprint density at radius 3 is 2.73 bits per heavy atom. The molecule has 4 rings (SSSR count). The van der Waals surface area contributed by atoms with Crippen LogP contribution < -0.4 is 5.32 Å². The second-order valence-corrected chi connectivity index (χ2v) is 8.05. The van der Waals surface area contributed by atoms with E-state index in [-0.39, 0.29) is 10.2 Å². The Bertz CT molecular complexity index is 1210. The van der Waals surface area contributed by atoms with E-state index in [0.29, 0.717) is 11.2 Å². The lowest BCUT2D eigenvalue weighted by atomic mass is 10.1. The molecular weight excluding hydrogens is 372 g/mol. The van der Waals surface area contributed by atoms with Crippen molar-refractivity contribution in [2.24, 2.45) is 0 Å². The molecule has 0 atom stereocenters. The lowest BCUT2D eigenvalue weighted by Crippen LogP contribution is -2.15. The van der Waals surface area contributed by atoms with E-state index >= 15 is 0 Å². The molecule has 0 amide bonds. The van der Waals surface area contributed by atoms with Gasteiger partial charge in [-0.05, 0) is 43.8 Å². The lowest BCUT2D eigenvalue weighted by molar-refractivity contribution is 0.584. The van der Waals surface area contributed by atoms with E-state index in [1.807, 2.05) is 25.2 Å². The van der Waals surface area contributed by atoms with E-state index in [1.165, 1.54) is 8.37 Å². The quantitative estimate of drug-likeness (QED) is 0.570. The molecule has 0 saturated heterocycles. The Labute approximate surface area is 156 Å². The predicted octanol–water partition coefficient (Wildman–Crippen LogP) is 2.94. The number of nitrogens with zero attached hydrogens (tertiary/aromatic N) is 3. The number of pyridine rings is 1. The Morgan fingerprint density at radius 1 is 1.15 bits per heavy atom. The van der Waals surface area contributed by atoms with Crippen molar-refractivity contribution in [2.75, 3.05) is 13.6 Å². The fourth-order valence-corrected chi connectivity index (χ4v) is 5.15. The standard InChI is InChI=1S/C18H17ClN4O2S/c1-20-10-9-13-12-23(15-7-3-2-6-14(13)15)26(24,25)18-17(19)21-16-8-4-5-11-22(16)18/h2-8,11-12,20H,9-10H2,1H3. The maximum absolute atomic E-state index is 13.4. The molecule has 134 valence electrons. The number of hydrogen-bond acceptors (Lipinski definition) is 4. The zero-order valence-corrected chi connectivity index (χ0v) is 15.6. The van der Waals surface area contributed by atoms with Gasteiger partial charge < -0.3 is 5.32 Å². The first-order chi connectivity index (χ1) is 12.5. The van der Waals surface area contributed by atoms with Gasteiger partial charge in [0.2, 0.25) is 0 Å². The molecule has 3 aromatic heterocycles. The summed E-state index contributed by atoms with van der Waals surface area (Å²) in [4.78, 5) is 4.17. The number of para-hydroxylation sites is 1. The molecule has 0 saturated carbocycles. The molecule has 4 aromatic rings. The highest BCUT2D eigenvalue weighted by atomic mass is 35.5. The minimum Gasteiger partial charge on any atom is -0.319 e. The van der Waals surface area contributed by atoms with Gasteiger partial charge in [-0.15, -0.1) is 0 Å². The molecule has 0 aliphatic heterocycles. The van der Waals surface area contributed by atoms with Gasteiger partial charge in [-0.3, -0.25) is 4.40 Å². The summed E-state index contributed by atoms with van der Waals surface area (Å²) in [5, 5.41) is 3.94. The van der Waals surface area contributed by atoms with E-state index < -0.39 is 10.0 Å². The minimum absolute atomic E-state index is 0.0318. The van der Waals surface area contributed by atoms with E-state index in [9.17, 15) is 8.42 Å². The van der Waals surface area contributed by atoms with Gasteiger partial charge in [-0.1, -0.05) is 35.9 Å². The molecule has 6 nitrogen and oxygen atoms in total. The molecule has 26 heavy (non-hydrogen) atoms. The summed E-state index contributed by atoms with van der Waals surface area (Å²) in [5.41, 5.74) is 2.08. The molecule has 1 N–H and O–H groups in total. The van der Waals surface area contributed by atoms with Gasteiger partial charge in [0.05, 0.1) is 5.52 Å². The molecular formula is C18H17ClN4O2S. The van der Waals surface area contributed by atoms with Crippen molar-refractivity contribution in [2.45, 2.75) is 11.4 Å². The summed E-state index contributed by atoms with van der Waals surface area (Å²) in [6.07, 6.45) is 4.05. The van der Waals surface area contributed by atoms with E-state index in [0.717, 1.165) is 23.9 Å². The van der Waals surface area contributed by atoms with Crippen LogP contribution in [-0.4, -0.2) is 35.4 Å². The monoisotopic (exact) mass is 388 g/mol. The normalized spacial score (nSPS) is 12.2. The highest BCUT2D eigenvalue weighted by Crippen LogP contribution is 2.30. The number of rotatable bonds is 5. The van der Waals surface area contributed by atoms with Gasteiger partial charge in [0.15, 0.2) is 10.2 Å². The summed E-state index contributed by atoms with van der Waals surface area (Å²) >= 11 is 6.21. The third-order valence-electron chi connectivity index (χ3n) is 4.35. The van der Waals surface area contributed by atoms with Crippen LogP contribution in [0.25, 0.3) is 16.6 Å². The van der Waals surface area contributed by atoms with Gasteiger partial charge in [0.1, 0.15) is 5.65 Å². The average molecular weight is 389 g/mol. The van der Waals surface area contributed by atoms with Crippen molar-refractivity contribution in [1.29, 1.82) is 0 Å². The van der Waals surface area contributed by atoms with Crippen LogP contribution in [0, 0.1) is 0 Å². The highest BCUT2D eigenvalue weighted by molar-refractivity contribution is 7.90. The number of imidazole rings is 1. The second-order valence-electron chi connectivity index (χ2n) is 5.96. The molecule has 0 radical (unpaired) electrons. The van der Waals surface area contributed by atoms with Crippen molar-refractivity contribution < 1.29 is 8.42 Å². The smallest absolute Gasteiger partial charge is 0.287 e. The van der Waals surface area contributed by atoms with Gasteiger partial charge in [0, 0.05) is 17.8 Å². The van der Waals surface area contributed by atoms with Crippen LogP contribution in [-0.2, 0) is 16.4 Å². The van der Waals surface area contributed by atoms with Crippen LogP contribution in [0.5, 0.6) is 0 Å². The number of nitrogens with one attached hydrogen (secondary N) is 1. The molecule has 0 fully saturated rings. The third-order valence-corrected chi connectivity index (χ3v) is 6.43. The average Bonchev–Trinajstić information content (AvgIpc) is 3.17.